The summed E-state index contributed by atoms with van der Waals surface area (Å²) in [5.74, 6) is -2.10. The topological polar surface area (TPSA) is 150 Å². The Morgan fingerprint density at radius 1 is 0.976 bits per heavy atom. The highest BCUT2D eigenvalue weighted by molar-refractivity contribution is 5.89. The van der Waals surface area contributed by atoms with Crippen molar-refractivity contribution >= 4 is 28.7 Å². The van der Waals surface area contributed by atoms with Gasteiger partial charge >= 0.3 is 11.7 Å². The highest BCUT2D eigenvalue weighted by Gasteiger charge is 2.33. The molecular weight excluding hydrogens is 524 g/mol. The summed E-state index contributed by atoms with van der Waals surface area (Å²) in [6.07, 6.45) is 3.28. The maximum Gasteiger partial charge on any atom is 0.329 e. The fourth-order valence-electron chi connectivity index (χ4n) is 5.52. The molecule has 3 aromatic rings. The number of rotatable bonds is 11. The molecule has 0 aliphatic heterocycles. The van der Waals surface area contributed by atoms with E-state index in [2.05, 4.69) is 15.6 Å². The molecule has 2 aromatic carbocycles. The number of para-hydroxylation sites is 1. The number of H-pyrrole nitrogens is 1. The van der Waals surface area contributed by atoms with Crippen LogP contribution < -0.4 is 21.9 Å². The number of aliphatic carboxylic acids is 1. The summed E-state index contributed by atoms with van der Waals surface area (Å²) >= 11 is 0. The van der Waals surface area contributed by atoms with Crippen LogP contribution >= 0.6 is 0 Å². The molecule has 0 spiro atoms. The van der Waals surface area contributed by atoms with E-state index in [1.165, 1.54) is 0 Å². The zero-order valence-electron chi connectivity index (χ0n) is 23.5. The molecule has 1 heterocycles. The summed E-state index contributed by atoms with van der Waals surface area (Å²) in [5, 5.41) is 15.3. The Balaban J connectivity index is 1.57. The fourth-order valence-corrected chi connectivity index (χ4v) is 5.52. The molecule has 0 saturated heterocycles. The molecule has 2 amide bonds. The van der Waals surface area contributed by atoms with E-state index in [-0.39, 0.29) is 35.5 Å². The second-order valence-electron chi connectivity index (χ2n) is 11.0. The van der Waals surface area contributed by atoms with Gasteiger partial charge in [-0.2, -0.15) is 0 Å². The van der Waals surface area contributed by atoms with Crippen LogP contribution in [0.4, 0.5) is 0 Å². The van der Waals surface area contributed by atoms with Crippen LogP contribution in [0, 0.1) is 17.8 Å². The summed E-state index contributed by atoms with van der Waals surface area (Å²) in [4.78, 5) is 67.8. The van der Waals surface area contributed by atoms with Gasteiger partial charge in [0.25, 0.3) is 5.56 Å². The van der Waals surface area contributed by atoms with Gasteiger partial charge in [0.2, 0.25) is 11.8 Å². The lowest BCUT2D eigenvalue weighted by atomic mass is 9.82. The number of carboxylic acid groups (broad SMARTS) is 1. The Morgan fingerprint density at radius 2 is 1.63 bits per heavy atom. The number of nitrogens with one attached hydrogen (secondary N) is 3. The van der Waals surface area contributed by atoms with E-state index in [9.17, 15) is 29.1 Å². The molecule has 3 atom stereocenters. The second kappa shape index (κ2) is 13.4. The van der Waals surface area contributed by atoms with Crippen molar-refractivity contribution < 1.29 is 19.5 Å². The molecule has 41 heavy (non-hydrogen) atoms. The van der Waals surface area contributed by atoms with Crippen LogP contribution in [0.15, 0.2) is 64.2 Å². The zero-order chi connectivity index (χ0) is 29.5. The number of hydrogen-bond acceptors (Lipinski definition) is 5. The lowest BCUT2D eigenvalue weighted by Gasteiger charge is -2.29. The van der Waals surface area contributed by atoms with Crippen molar-refractivity contribution in [2.45, 2.75) is 64.5 Å². The first-order valence-corrected chi connectivity index (χ1v) is 14.3. The quantitative estimate of drug-likeness (QED) is 0.282. The smallest absolute Gasteiger partial charge is 0.329 e. The minimum Gasteiger partial charge on any atom is -0.481 e. The van der Waals surface area contributed by atoms with Gasteiger partial charge in [-0.3, -0.25) is 19.2 Å². The number of nitrogens with zero attached hydrogens (tertiary/aromatic N) is 1. The van der Waals surface area contributed by atoms with Crippen molar-refractivity contribution in [2.75, 3.05) is 6.54 Å². The first-order chi connectivity index (χ1) is 19.7. The molecule has 0 unspecified atom stereocenters. The van der Waals surface area contributed by atoms with E-state index >= 15 is 0 Å². The van der Waals surface area contributed by atoms with E-state index in [1.54, 1.807) is 24.3 Å². The average Bonchev–Trinajstić information content (AvgIpc) is 2.98. The third kappa shape index (κ3) is 7.11. The fraction of sp³-hybridized carbons (Fsp3) is 0.452. The van der Waals surface area contributed by atoms with E-state index in [0.717, 1.165) is 10.1 Å². The molecule has 4 rings (SSSR count). The molecule has 1 aliphatic carbocycles. The lowest BCUT2D eigenvalue weighted by Crippen LogP contribution is -2.54. The summed E-state index contributed by atoms with van der Waals surface area (Å²) in [6.45, 7) is 4.18. The van der Waals surface area contributed by atoms with Crippen molar-refractivity contribution in [1.82, 2.24) is 20.2 Å². The van der Waals surface area contributed by atoms with Crippen LogP contribution in [0.25, 0.3) is 10.9 Å². The molecule has 1 saturated carbocycles. The van der Waals surface area contributed by atoms with Gasteiger partial charge in [-0.1, -0.05) is 62.7 Å². The van der Waals surface area contributed by atoms with Gasteiger partial charge in [-0.25, -0.2) is 9.36 Å². The predicted octanol–water partition coefficient (Wildman–Crippen LogP) is 3.01. The number of benzene rings is 2. The van der Waals surface area contributed by atoms with Crippen molar-refractivity contribution in [3.8, 4) is 0 Å². The van der Waals surface area contributed by atoms with Gasteiger partial charge in [0.15, 0.2) is 0 Å². The third-order valence-corrected chi connectivity index (χ3v) is 8.28. The van der Waals surface area contributed by atoms with Crippen LogP contribution in [0.2, 0.25) is 0 Å². The minimum atomic E-state index is -1.19. The SMILES string of the molecule is CC[C@@H](C)[C@H](NC(=O)[C@@H](Cc1ccccc1)n1c(=O)[nH]c2ccccc2c1=O)C(=O)NCC1CCC(C(=O)O)CC1. The van der Waals surface area contributed by atoms with Crippen LogP contribution in [0.1, 0.15) is 57.6 Å². The largest absolute Gasteiger partial charge is 0.481 e. The zero-order valence-corrected chi connectivity index (χ0v) is 23.5. The standard InChI is InChI=1S/C31H38N4O6/c1-3-19(2)26(28(37)32-18-21-13-15-22(16-14-21)30(39)40)34-27(36)25(17-20-9-5-4-6-10-20)35-29(38)23-11-7-8-12-24(23)33-31(35)41/h4-12,19,21-22,25-26H,3,13-18H2,1-2H3,(H,32,37)(H,33,41)(H,34,36)(H,39,40)/t19-,21?,22?,25-,26+/m1/s1. The van der Waals surface area contributed by atoms with Gasteiger partial charge in [0, 0.05) is 13.0 Å². The highest BCUT2D eigenvalue weighted by atomic mass is 16.4. The lowest BCUT2D eigenvalue weighted by molar-refractivity contribution is -0.143. The van der Waals surface area contributed by atoms with E-state index < -0.39 is 35.2 Å². The van der Waals surface area contributed by atoms with Crippen molar-refractivity contribution in [2.24, 2.45) is 17.8 Å². The van der Waals surface area contributed by atoms with Crippen LogP contribution in [-0.2, 0) is 20.8 Å². The van der Waals surface area contributed by atoms with Gasteiger partial charge in [0.1, 0.15) is 12.1 Å². The van der Waals surface area contributed by atoms with Crippen LogP contribution in [0.3, 0.4) is 0 Å². The minimum absolute atomic E-state index is 0.0790. The average molecular weight is 563 g/mol. The predicted molar refractivity (Wildman–Crippen MR) is 155 cm³/mol. The molecule has 0 radical (unpaired) electrons. The van der Waals surface area contributed by atoms with Crippen molar-refractivity contribution in [3.05, 3.63) is 81.0 Å². The number of carboxylic acids is 1. The van der Waals surface area contributed by atoms with E-state index in [4.69, 9.17) is 0 Å². The highest BCUT2D eigenvalue weighted by Crippen LogP contribution is 2.28. The maximum atomic E-state index is 13.9. The molecule has 4 N–H and O–H groups in total. The monoisotopic (exact) mass is 562 g/mol. The summed E-state index contributed by atoms with van der Waals surface area (Å²) in [7, 11) is 0. The number of amides is 2. The molecule has 1 aliphatic rings. The molecular formula is C31H38N4O6. The Morgan fingerprint density at radius 3 is 2.29 bits per heavy atom. The summed E-state index contributed by atoms with van der Waals surface area (Å²) < 4.78 is 0.942. The van der Waals surface area contributed by atoms with E-state index in [1.807, 2.05) is 44.2 Å². The summed E-state index contributed by atoms with van der Waals surface area (Å²) in [6, 6.07) is 13.7. The number of aromatic amines is 1. The first-order valence-electron chi connectivity index (χ1n) is 14.3. The molecule has 10 nitrogen and oxygen atoms in total. The van der Waals surface area contributed by atoms with Gasteiger partial charge in [0.05, 0.1) is 16.8 Å². The molecule has 0 bridgehead atoms. The van der Waals surface area contributed by atoms with Crippen LogP contribution in [-0.4, -0.2) is 45.0 Å². The molecule has 10 heteroatoms. The number of carbonyl (C=O) groups excluding carboxylic acids is 2. The molecule has 1 aromatic heterocycles. The Hall–Kier alpha value is -4.21. The Kier molecular flexibility index (Phi) is 9.75. The molecule has 218 valence electrons. The number of hydrogen-bond donors (Lipinski definition) is 4. The van der Waals surface area contributed by atoms with Gasteiger partial charge < -0.3 is 20.7 Å². The van der Waals surface area contributed by atoms with Crippen LogP contribution in [0.5, 0.6) is 0 Å². The second-order valence-corrected chi connectivity index (χ2v) is 11.0. The Labute approximate surface area is 238 Å². The maximum absolute atomic E-state index is 13.9. The Bertz CT molecular complexity index is 1490. The third-order valence-electron chi connectivity index (χ3n) is 8.28. The first kappa shape index (κ1) is 29.8. The number of fused-ring (bicyclic) bond motifs is 1. The van der Waals surface area contributed by atoms with Gasteiger partial charge in [-0.05, 0) is 55.2 Å². The molecule has 1 fully saturated rings. The van der Waals surface area contributed by atoms with Crippen molar-refractivity contribution in [3.63, 3.8) is 0 Å². The normalized spacial score (nSPS) is 19.2. The van der Waals surface area contributed by atoms with Crippen molar-refractivity contribution in [1.29, 1.82) is 0 Å². The van der Waals surface area contributed by atoms with E-state index in [0.29, 0.717) is 44.2 Å². The summed E-state index contributed by atoms with van der Waals surface area (Å²) in [5.41, 5.74) is -0.145. The number of aromatic nitrogens is 2. The number of carbonyl (C=O) groups is 3. The van der Waals surface area contributed by atoms with Gasteiger partial charge in [-0.15, -0.1) is 0 Å².